The lowest BCUT2D eigenvalue weighted by Gasteiger charge is -2.20. The number of aromatic nitrogens is 1. The fraction of sp³-hybridized carbons (Fsp3) is 0.417. The van der Waals surface area contributed by atoms with Crippen molar-refractivity contribution in [3.05, 3.63) is 23.5 Å². The van der Waals surface area contributed by atoms with Gasteiger partial charge in [0.05, 0.1) is 5.69 Å². The first-order chi connectivity index (χ1) is 8.20. The Morgan fingerprint density at radius 1 is 1.39 bits per heavy atom. The fourth-order valence-corrected chi connectivity index (χ4v) is 1.30. The van der Waals surface area contributed by atoms with Crippen LogP contribution >= 0.6 is 0 Å². The molecule has 1 aromatic heterocycles. The van der Waals surface area contributed by atoms with Gasteiger partial charge in [-0.05, 0) is 33.8 Å². The molecule has 0 aliphatic rings. The monoisotopic (exact) mass is 252 g/mol. The first-order valence-corrected chi connectivity index (χ1v) is 5.39. The van der Waals surface area contributed by atoms with Gasteiger partial charge in [-0.2, -0.15) is 0 Å². The van der Waals surface area contributed by atoms with Gasteiger partial charge in [0.1, 0.15) is 5.60 Å². The molecule has 18 heavy (non-hydrogen) atoms. The van der Waals surface area contributed by atoms with E-state index in [2.05, 4.69) is 10.3 Å². The van der Waals surface area contributed by atoms with Crippen molar-refractivity contribution in [1.82, 2.24) is 4.98 Å². The molecule has 1 aromatic rings. The number of pyridine rings is 1. The Morgan fingerprint density at radius 3 is 2.50 bits per heavy atom. The summed E-state index contributed by atoms with van der Waals surface area (Å²) < 4.78 is 5.08. The van der Waals surface area contributed by atoms with Crippen LogP contribution in [0.4, 0.5) is 10.5 Å². The summed E-state index contributed by atoms with van der Waals surface area (Å²) in [6.07, 6.45) is 0.691. The number of carboxylic acid groups (broad SMARTS) is 1. The van der Waals surface area contributed by atoms with E-state index >= 15 is 0 Å². The zero-order chi connectivity index (χ0) is 13.9. The molecular weight excluding hydrogens is 236 g/mol. The number of amides is 1. The molecule has 0 radical (unpaired) electrons. The van der Waals surface area contributed by atoms with Gasteiger partial charge in [-0.15, -0.1) is 0 Å². The first kappa shape index (κ1) is 14.0. The summed E-state index contributed by atoms with van der Waals surface area (Å²) in [4.78, 5) is 26.2. The minimum atomic E-state index is -1.14. The molecule has 2 N–H and O–H groups in total. The molecule has 0 aliphatic carbocycles. The maximum absolute atomic E-state index is 11.6. The number of ether oxygens (including phenoxy) is 1. The number of carbonyl (C=O) groups excluding carboxylic acids is 1. The van der Waals surface area contributed by atoms with E-state index in [0.717, 1.165) is 0 Å². The lowest BCUT2D eigenvalue weighted by atomic mass is 10.2. The number of hydrogen-bond donors (Lipinski definition) is 2. The van der Waals surface area contributed by atoms with E-state index in [1.54, 1.807) is 27.7 Å². The Balaban J connectivity index is 2.89. The van der Waals surface area contributed by atoms with Gasteiger partial charge < -0.3 is 9.84 Å². The molecule has 0 saturated heterocycles. The number of aromatic carboxylic acids is 1. The van der Waals surface area contributed by atoms with E-state index in [0.29, 0.717) is 11.3 Å². The van der Waals surface area contributed by atoms with Gasteiger partial charge in [-0.3, -0.25) is 5.32 Å². The van der Waals surface area contributed by atoms with Crippen molar-refractivity contribution in [2.75, 3.05) is 5.32 Å². The molecule has 98 valence electrons. The quantitative estimate of drug-likeness (QED) is 0.843. The molecule has 6 heteroatoms. The van der Waals surface area contributed by atoms with E-state index in [1.807, 2.05) is 0 Å². The summed E-state index contributed by atoms with van der Waals surface area (Å²) in [6, 6.07) is 1.52. The molecule has 1 heterocycles. The van der Waals surface area contributed by atoms with E-state index in [1.165, 1.54) is 12.3 Å². The van der Waals surface area contributed by atoms with Crippen molar-refractivity contribution in [3.63, 3.8) is 0 Å². The van der Waals surface area contributed by atoms with Crippen LogP contribution in [0.1, 0.15) is 36.8 Å². The van der Waals surface area contributed by atoms with Crippen LogP contribution < -0.4 is 5.32 Å². The Bertz CT molecular complexity index is 477. The van der Waals surface area contributed by atoms with Crippen LogP contribution in [0.25, 0.3) is 0 Å². The van der Waals surface area contributed by atoms with Crippen molar-refractivity contribution in [2.45, 2.75) is 33.3 Å². The minimum Gasteiger partial charge on any atom is -0.477 e. The molecule has 0 aliphatic heterocycles. The number of rotatable bonds is 2. The summed E-state index contributed by atoms with van der Waals surface area (Å²) in [5.74, 6) is -1.14. The largest absolute Gasteiger partial charge is 0.477 e. The third-order valence-electron chi connectivity index (χ3n) is 2.04. The third-order valence-corrected chi connectivity index (χ3v) is 2.04. The second-order valence-electron chi connectivity index (χ2n) is 4.76. The predicted molar refractivity (Wildman–Crippen MR) is 65.8 cm³/mol. The Hall–Kier alpha value is -2.11. The highest BCUT2D eigenvalue weighted by atomic mass is 16.6. The van der Waals surface area contributed by atoms with Crippen LogP contribution in [-0.4, -0.2) is 27.8 Å². The molecule has 0 atom stereocenters. The van der Waals surface area contributed by atoms with Crippen molar-refractivity contribution in [1.29, 1.82) is 0 Å². The maximum atomic E-state index is 11.6. The highest BCUT2D eigenvalue weighted by molar-refractivity contribution is 5.92. The van der Waals surface area contributed by atoms with Crippen LogP contribution in [0.15, 0.2) is 12.3 Å². The Morgan fingerprint density at radius 2 is 2.00 bits per heavy atom. The third kappa shape index (κ3) is 3.73. The van der Waals surface area contributed by atoms with Crippen molar-refractivity contribution in [2.24, 2.45) is 0 Å². The van der Waals surface area contributed by atoms with E-state index < -0.39 is 17.7 Å². The van der Waals surface area contributed by atoms with Gasteiger partial charge in [0.2, 0.25) is 0 Å². The average Bonchev–Trinajstić information content (AvgIpc) is 2.17. The lowest BCUT2D eigenvalue weighted by molar-refractivity contribution is 0.0632. The Labute approximate surface area is 105 Å². The molecule has 0 unspecified atom stereocenters. The van der Waals surface area contributed by atoms with Gasteiger partial charge in [0.25, 0.3) is 0 Å². The van der Waals surface area contributed by atoms with E-state index in [9.17, 15) is 9.59 Å². The summed E-state index contributed by atoms with van der Waals surface area (Å²) in [7, 11) is 0. The van der Waals surface area contributed by atoms with Crippen LogP contribution in [0.3, 0.4) is 0 Å². The fourth-order valence-electron chi connectivity index (χ4n) is 1.30. The summed E-state index contributed by atoms with van der Waals surface area (Å²) in [6.45, 7) is 6.81. The van der Waals surface area contributed by atoms with Gasteiger partial charge in [0.15, 0.2) is 5.69 Å². The topological polar surface area (TPSA) is 88.5 Å². The maximum Gasteiger partial charge on any atom is 0.412 e. The van der Waals surface area contributed by atoms with E-state index in [-0.39, 0.29) is 5.69 Å². The molecular formula is C12H16N2O4. The summed E-state index contributed by atoms with van der Waals surface area (Å²) in [5, 5.41) is 11.4. The molecule has 0 saturated carbocycles. The average molecular weight is 252 g/mol. The predicted octanol–water partition coefficient (Wildman–Crippen LogP) is 2.44. The Kier molecular flexibility index (Phi) is 3.90. The van der Waals surface area contributed by atoms with Gasteiger partial charge in [0, 0.05) is 11.8 Å². The molecule has 1 rings (SSSR count). The zero-order valence-electron chi connectivity index (χ0n) is 10.8. The number of nitrogens with one attached hydrogen (secondary N) is 1. The number of anilines is 1. The second-order valence-corrected chi connectivity index (χ2v) is 4.76. The normalized spacial score (nSPS) is 10.9. The number of nitrogens with zero attached hydrogens (tertiary/aromatic N) is 1. The molecule has 1 amide bonds. The van der Waals surface area contributed by atoms with Crippen molar-refractivity contribution < 1.29 is 19.4 Å². The van der Waals surface area contributed by atoms with Crippen LogP contribution in [0.2, 0.25) is 0 Å². The van der Waals surface area contributed by atoms with Crippen LogP contribution in [-0.2, 0) is 4.74 Å². The number of hydrogen-bond acceptors (Lipinski definition) is 4. The van der Waals surface area contributed by atoms with E-state index in [4.69, 9.17) is 9.84 Å². The highest BCUT2D eigenvalue weighted by Gasteiger charge is 2.18. The van der Waals surface area contributed by atoms with Gasteiger partial charge >= 0.3 is 12.1 Å². The summed E-state index contributed by atoms with van der Waals surface area (Å²) in [5.41, 5.74) is 0.0526. The SMILES string of the molecule is Cc1c(NC(=O)OC(C)(C)C)ccnc1C(=O)O. The molecule has 0 spiro atoms. The van der Waals surface area contributed by atoms with Crippen LogP contribution in [0, 0.1) is 6.92 Å². The van der Waals surface area contributed by atoms with Crippen molar-refractivity contribution >= 4 is 17.7 Å². The van der Waals surface area contributed by atoms with Crippen LogP contribution in [0.5, 0.6) is 0 Å². The number of carbonyl (C=O) groups is 2. The van der Waals surface area contributed by atoms with Gasteiger partial charge in [-0.25, -0.2) is 14.6 Å². The highest BCUT2D eigenvalue weighted by Crippen LogP contribution is 2.18. The van der Waals surface area contributed by atoms with Gasteiger partial charge in [-0.1, -0.05) is 0 Å². The molecule has 0 aromatic carbocycles. The minimum absolute atomic E-state index is 0.0939. The zero-order valence-corrected chi connectivity index (χ0v) is 10.8. The summed E-state index contributed by atoms with van der Waals surface area (Å²) >= 11 is 0. The lowest BCUT2D eigenvalue weighted by Crippen LogP contribution is -2.27. The molecule has 0 bridgehead atoms. The molecule has 0 fully saturated rings. The van der Waals surface area contributed by atoms with Crippen molar-refractivity contribution in [3.8, 4) is 0 Å². The first-order valence-electron chi connectivity index (χ1n) is 5.39. The number of carboxylic acids is 1. The molecule has 6 nitrogen and oxygen atoms in total. The standard InChI is InChI=1S/C12H16N2O4/c1-7-8(5-6-13-9(7)10(15)16)14-11(17)18-12(2,3)4/h5-6H,1-4H3,(H,15,16)(H,13,14,17). The smallest absolute Gasteiger partial charge is 0.412 e. The second kappa shape index (κ2) is 5.03.